The molecular weight excluding hydrogens is 302 g/mol. The SMILES string of the molecule is CCc1ccc(N2C(=O)C[C@@H](NCCc3ccncc3)C2=O)cc1. The van der Waals surface area contributed by atoms with Gasteiger partial charge in [0.25, 0.3) is 5.91 Å². The van der Waals surface area contributed by atoms with Gasteiger partial charge in [0.15, 0.2) is 0 Å². The Morgan fingerprint density at radius 1 is 1.08 bits per heavy atom. The zero-order valence-corrected chi connectivity index (χ0v) is 13.7. The molecule has 0 saturated carbocycles. The minimum absolute atomic E-state index is 0.148. The van der Waals surface area contributed by atoms with Gasteiger partial charge in [-0.1, -0.05) is 19.1 Å². The fourth-order valence-electron chi connectivity index (χ4n) is 2.88. The molecule has 1 aromatic heterocycles. The zero-order valence-electron chi connectivity index (χ0n) is 13.7. The first-order chi connectivity index (χ1) is 11.7. The van der Waals surface area contributed by atoms with Crippen LogP contribution in [-0.4, -0.2) is 29.4 Å². The Kier molecular flexibility index (Phi) is 5.01. The van der Waals surface area contributed by atoms with Crippen LogP contribution in [0.1, 0.15) is 24.5 Å². The van der Waals surface area contributed by atoms with Gasteiger partial charge in [0.1, 0.15) is 0 Å². The molecule has 124 valence electrons. The zero-order chi connectivity index (χ0) is 16.9. The maximum Gasteiger partial charge on any atom is 0.251 e. The smallest absolute Gasteiger partial charge is 0.251 e. The number of hydrogen-bond donors (Lipinski definition) is 1. The number of benzene rings is 1. The second-order valence-electron chi connectivity index (χ2n) is 5.90. The molecule has 24 heavy (non-hydrogen) atoms. The fourth-order valence-corrected chi connectivity index (χ4v) is 2.88. The van der Waals surface area contributed by atoms with Gasteiger partial charge in [-0.15, -0.1) is 0 Å². The third-order valence-electron chi connectivity index (χ3n) is 4.30. The third-order valence-corrected chi connectivity index (χ3v) is 4.30. The van der Waals surface area contributed by atoms with Crippen LogP contribution in [0.3, 0.4) is 0 Å². The number of carbonyl (C=O) groups excluding carboxylic acids is 2. The van der Waals surface area contributed by atoms with E-state index in [-0.39, 0.29) is 18.2 Å². The molecule has 2 aromatic rings. The van der Waals surface area contributed by atoms with Crippen LogP contribution in [0.4, 0.5) is 5.69 Å². The van der Waals surface area contributed by atoms with E-state index in [0.717, 1.165) is 18.4 Å². The lowest BCUT2D eigenvalue weighted by molar-refractivity contribution is -0.121. The molecule has 0 unspecified atom stereocenters. The minimum Gasteiger partial charge on any atom is -0.305 e. The summed E-state index contributed by atoms with van der Waals surface area (Å²) in [4.78, 5) is 30.1. The topological polar surface area (TPSA) is 62.3 Å². The van der Waals surface area contributed by atoms with Crippen LogP contribution in [0.15, 0.2) is 48.8 Å². The van der Waals surface area contributed by atoms with Crippen LogP contribution in [0.5, 0.6) is 0 Å². The summed E-state index contributed by atoms with van der Waals surface area (Å²) in [6.45, 7) is 2.72. The van der Waals surface area contributed by atoms with Gasteiger partial charge < -0.3 is 5.32 Å². The minimum atomic E-state index is -0.440. The summed E-state index contributed by atoms with van der Waals surface area (Å²) in [7, 11) is 0. The van der Waals surface area contributed by atoms with Crippen molar-refractivity contribution >= 4 is 17.5 Å². The standard InChI is InChI=1S/C19H21N3O2/c1-2-14-3-5-16(6-4-14)22-18(23)13-17(19(22)24)21-12-9-15-7-10-20-11-8-15/h3-8,10-11,17,21H,2,9,12-13H2,1H3/t17-/m1/s1. The van der Waals surface area contributed by atoms with Gasteiger partial charge in [0.2, 0.25) is 5.91 Å². The number of anilines is 1. The largest absolute Gasteiger partial charge is 0.305 e. The van der Waals surface area contributed by atoms with Crippen molar-refractivity contribution in [2.24, 2.45) is 0 Å². The van der Waals surface area contributed by atoms with Crippen molar-refractivity contribution < 1.29 is 9.59 Å². The van der Waals surface area contributed by atoms with Gasteiger partial charge in [-0.3, -0.25) is 14.6 Å². The third kappa shape index (κ3) is 3.51. The highest BCUT2D eigenvalue weighted by atomic mass is 16.2. The van der Waals surface area contributed by atoms with Gasteiger partial charge >= 0.3 is 0 Å². The molecule has 1 N–H and O–H groups in total. The number of hydrogen-bond acceptors (Lipinski definition) is 4. The monoisotopic (exact) mass is 323 g/mol. The Morgan fingerprint density at radius 3 is 2.46 bits per heavy atom. The number of aryl methyl sites for hydroxylation is 1. The van der Waals surface area contributed by atoms with Gasteiger partial charge in [0, 0.05) is 12.4 Å². The number of carbonyl (C=O) groups is 2. The van der Waals surface area contributed by atoms with E-state index in [9.17, 15) is 9.59 Å². The van der Waals surface area contributed by atoms with E-state index in [2.05, 4.69) is 17.2 Å². The lowest BCUT2D eigenvalue weighted by Gasteiger charge is -2.16. The molecule has 0 aliphatic carbocycles. The highest BCUT2D eigenvalue weighted by molar-refractivity contribution is 6.22. The van der Waals surface area contributed by atoms with Gasteiger partial charge in [0.05, 0.1) is 18.2 Å². The maximum absolute atomic E-state index is 12.5. The van der Waals surface area contributed by atoms with Crippen molar-refractivity contribution in [2.75, 3.05) is 11.4 Å². The van der Waals surface area contributed by atoms with Gasteiger partial charge in [-0.05, 0) is 54.8 Å². The molecule has 2 amide bonds. The molecule has 1 fully saturated rings. The number of nitrogens with zero attached hydrogens (tertiary/aromatic N) is 2. The Morgan fingerprint density at radius 2 is 1.79 bits per heavy atom. The van der Waals surface area contributed by atoms with Crippen molar-refractivity contribution in [3.05, 3.63) is 59.9 Å². The van der Waals surface area contributed by atoms with Crippen LogP contribution in [0.25, 0.3) is 0 Å². The summed E-state index contributed by atoms with van der Waals surface area (Å²) in [5.74, 6) is -0.315. The number of imide groups is 1. The van der Waals surface area contributed by atoms with Crippen LogP contribution < -0.4 is 10.2 Å². The predicted octanol–water partition coefficient (Wildman–Crippen LogP) is 2.11. The summed E-state index contributed by atoms with van der Waals surface area (Å²) in [5, 5.41) is 3.20. The van der Waals surface area contributed by atoms with E-state index in [1.165, 1.54) is 10.5 Å². The first-order valence-corrected chi connectivity index (χ1v) is 8.27. The Labute approximate surface area is 141 Å². The van der Waals surface area contributed by atoms with Crippen LogP contribution in [0, 0.1) is 0 Å². The van der Waals surface area contributed by atoms with Crippen LogP contribution in [0.2, 0.25) is 0 Å². The van der Waals surface area contributed by atoms with Gasteiger partial charge in [-0.2, -0.15) is 0 Å². The van der Waals surface area contributed by atoms with E-state index in [0.29, 0.717) is 12.2 Å². The quantitative estimate of drug-likeness (QED) is 0.827. The summed E-state index contributed by atoms with van der Waals surface area (Å²) in [5.41, 5.74) is 2.99. The molecule has 2 heterocycles. The molecule has 5 heteroatoms. The van der Waals surface area contributed by atoms with E-state index < -0.39 is 6.04 Å². The highest BCUT2D eigenvalue weighted by Gasteiger charge is 2.39. The number of rotatable bonds is 6. The van der Waals surface area contributed by atoms with E-state index in [4.69, 9.17) is 0 Å². The lowest BCUT2D eigenvalue weighted by atomic mass is 10.1. The molecule has 0 radical (unpaired) electrons. The van der Waals surface area contributed by atoms with Crippen molar-refractivity contribution in [1.29, 1.82) is 0 Å². The Bertz CT molecular complexity index is 713. The number of amides is 2. The normalized spacial score (nSPS) is 17.5. The van der Waals surface area contributed by atoms with Crippen molar-refractivity contribution in [1.82, 2.24) is 10.3 Å². The second kappa shape index (κ2) is 7.36. The Hall–Kier alpha value is -2.53. The number of aromatic nitrogens is 1. The molecule has 3 rings (SSSR count). The van der Waals surface area contributed by atoms with Gasteiger partial charge in [-0.25, -0.2) is 4.90 Å². The predicted molar refractivity (Wildman–Crippen MR) is 92.7 cm³/mol. The maximum atomic E-state index is 12.5. The first-order valence-electron chi connectivity index (χ1n) is 8.27. The molecule has 1 aromatic carbocycles. The average molecular weight is 323 g/mol. The van der Waals surface area contributed by atoms with Crippen LogP contribution >= 0.6 is 0 Å². The number of nitrogens with one attached hydrogen (secondary N) is 1. The molecule has 0 bridgehead atoms. The van der Waals surface area contributed by atoms with Crippen LogP contribution in [-0.2, 0) is 22.4 Å². The van der Waals surface area contributed by atoms with E-state index in [1.54, 1.807) is 12.4 Å². The lowest BCUT2D eigenvalue weighted by Crippen LogP contribution is -2.39. The average Bonchev–Trinajstić information content (AvgIpc) is 2.90. The van der Waals surface area contributed by atoms with E-state index in [1.807, 2.05) is 36.4 Å². The molecule has 1 aliphatic heterocycles. The molecular formula is C19H21N3O2. The Balaban J connectivity index is 1.61. The summed E-state index contributed by atoms with van der Waals surface area (Å²) in [6, 6.07) is 11.1. The second-order valence-corrected chi connectivity index (χ2v) is 5.90. The summed E-state index contributed by atoms with van der Waals surface area (Å²) < 4.78 is 0. The molecule has 1 atom stereocenters. The molecule has 0 spiro atoms. The summed E-state index contributed by atoms with van der Waals surface area (Å²) in [6.07, 6.45) is 5.44. The fraction of sp³-hybridized carbons (Fsp3) is 0.316. The van der Waals surface area contributed by atoms with Crippen molar-refractivity contribution in [3.63, 3.8) is 0 Å². The molecule has 1 aliphatic rings. The number of pyridine rings is 1. The van der Waals surface area contributed by atoms with Crippen molar-refractivity contribution in [2.45, 2.75) is 32.2 Å². The van der Waals surface area contributed by atoms with Crippen molar-refractivity contribution in [3.8, 4) is 0 Å². The molecule has 1 saturated heterocycles. The first kappa shape index (κ1) is 16.3. The molecule has 5 nitrogen and oxygen atoms in total. The highest BCUT2D eigenvalue weighted by Crippen LogP contribution is 2.23. The van der Waals surface area contributed by atoms with E-state index >= 15 is 0 Å². The summed E-state index contributed by atoms with van der Waals surface area (Å²) >= 11 is 0.